The second kappa shape index (κ2) is 10.6. The van der Waals surface area contributed by atoms with E-state index in [4.69, 9.17) is 14.5 Å². The minimum absolute atomic E-state index is 0.0228. The molecule has 2 atom stereocenters. The fourth-order valence-electron chi connectivity index (χ4n) is 4.54. The van der Waals surface area contributed by atoms with E-state index < -0.39 is 7.26 Å². The zero-order chi connectivity index (χ0) is 26.0. The summed E-state index contributed by atoms with van der Waals surface area (Å²) in [5.41, 5.74) is 4.49. The molecular weight excluding hydrogens is 489 g/mol. The van der Waals surface area contributed by atoms with Crippen LogP contribution in [0.2, 0.25) is 0 Å². The maximum absolute atomic E-state index is 10.1. The minimum atomic E-state index is -1.78. The number of aryl methyl sites for hydroxylation is 1. The number of rotatable bonds is 7. The summed E-state index contributed by atoms with van der Waals surface area (Å²) in [6.07, 6.45) is 4.18. The number of pyridine rings is 1. The van der Waals surface area contributed by atoms with Gasteiger partial charge in [-0.05, 0) is 43.8 Å². The number of anilines is 3. The second-order valence-electron chi connectivity index (χ2n) is 9.72. The summed E-state index contributed by atoms with van der Waals surface area (Å²) in [5, 5.41) is 27.4. The minimum Gasteiger partial charge on any atom is -0.473 e. The zero-order valence-electron chi connectivity index (χ0n) is 21.2. The van der Waals surface area contributed by atoms with Gasteiger partial charge in [0, 0.05) is 31.0 Å². The number of nitrogens with one attached hydrogen (secondary N) is 2. The average molecular weight is 521 g/mol. The standard InChI is InChI=1S/C26H31N7O3P/c1-17-8-22(25(29-12-17)36-14-20-13-33(2)6-7-35-20)32-26-28-5-4-21(31-26)18-9-19(11-27)24-23(10-18)37(3,16-34)15-30-24/h4-5,8-10,12,20,30,34H,6-7,13-16H2,1-3H3,(H,28,31,32)/q+1. The number of hydrogen-bond acceptors (Lipinski definition) is 10. The fourth-order valence-corrected chi connectivity index (χ4v) is 6.66. The van der Waals surface area contributed by atoms with Crippen LogP contribution in [0.5, 0.6) is 5.88 Å². The molecule has 4 heterocycles. The monoisotopic (exact) mass is 520 g/mol. The van der Waals surface area contributed by atoms with Gasteiger partial charge in [0.05, 0.1) is 37.5 Å². The lowest BCUT2D eigenvalue weighted by molar-refractivity contribution is -0.0408. The number of likely N-dealkylation sites (N-methyl/N-ethyl adjacent to an activating group) is 1. The van der Waals surface area contributed by atoms with Crippen molar-refractivity contribution in [2.24, 2.45) is 0 Å². The van der Waals surface area contributed by atoms with Crippen molar-refractivity contribution in [3.8, 4) is 23.2 Å². The number of aliphatic hydroxyl groups excluding tert-OH is 1. The quantitative estimate of drug-likeness (QED) is 0.400. The van der Waals surface area contributed by atoms with Gasteiger partial charge in [-0.25, -0.2) is 15.0 Å². The molecule has 37 heavy (non-hydrogen) atoms. The van der Waals surface area contributed by atoms with Crippen LogP contribution in [0.15, 0.2) is 36.7 Å². The molecule has 2 aliphatic rings. The van der Waals surface area contributed by atoms with Crippen molar-refractivity contribution in [1.29, 1.82) is 5.26 Å². The van der Waals surface area contributed by atoms with E-state index in [1.165, 1.54) is 0 Å². The highest BCUT2D eigenvalue weighted by atomic mass is 31.2. The van der Waals surface area contributed by atoms with Gasteiger partial charge in [0.15, 0.2) is 6.35 Å². The molecule has 192 valence electrons. The van der Waals surface area contributed by atoms with E-state index in [-0.39, 0.29) is 12.5 Å². The maximum Gasteiger partial charge on any atom is 0.237 e. The van der Waals surface area contributed by atoms with Crippen LogP contribution >= 0.6 is 7.26 Å². The van der Waals surface area contributed by atoms with Gasteiger partial charge < -0.3 is 30.1 Å². The molecule has 11 heteroatoms. The number of benzene rings is 1. The second-order valence-corrected chi connectivity index (χ2v) is 13.6. The van der Waals surface area contributed by atoms with Crippen molar-refractivity contribution in [2.45, 2.75) is 13.0 Å². The predicted octanol–water partition coefficient (Wildman–Crippen LogP) is 2.78. The third kappa shape index (κ3) is 5.36. The molecular formula is C26H31N7O3P+. The molecule has 2 aromatic heterocycles. The van der Waals surface area contributed by atoms with Crippen molar-refractivity contribution in [2.75, 3.05) is 63.3 Å². The lowest BCUT2D eigenvalue weighted by atomic mass is 10.1. The molecule has 1 saturated heterocycles. The number of ether oxygens (including phenoxy) is 2. The normalized spacial score (nSPS) is 21.1. The predicted molar refractivity (Wildman–Crippen MR) is 145 cm³/mol. The summed E-state index contributed by atoms with van der Waals surface area (Å²) >= 11 is 0. The van der Waals surface area contributed by atoms with E-state index in [1.54, 1.807) is 12.4 Å². The van der Waals surface area contributed by atoms with Gasteiger partial charge in [-0.2, -0.15) is 5.26 Å². The molecule has 2 unspecified atom stereocenters. The van der Waals surface area contributed by atoms with Crippen LogP contribution < -0.4 is 20.7 Å². The Morgan fingerprint density at radius 1 is 1.35 bits per heavy atom. The summed E-state index contributed by atoms with van der Waals surface area (Å²) < 4.78 is 11.8. The SMILES string of the molecule is Cc1cnc(OCC2CN(C)CCO2)c(Nc2nccc(-c3cc(C#N)c4c(c3)[P+](C)(CO)CN4)n2)c1. The molecule has 0 bridgehead atoms. The summed E-state index contributed by atoms with van der Waals surface area (Å²) in [5.74, 6) is 0.843. The highest BCUT2D eigenvalue weighted by molar-refractivity contribution is 7.83. The summed E-state index contributed by atoms with van der Waals surface area (Å²) in [7, 11) is 0.285. The summed E-state index contributed by atoms with van der Waals surface area (Å²) in [6.45, 7) is 6.84. The largest absolute Gasteiger partial charge is 0.473 e. The number of aliphatic hydroxyl groups is 1. The number of fused-ring (bicyclic) bond motifs is 1. The lowest BCUT2D eigenvalue weighted by Gasteiger charge is -2.29. The van der Waals surface area contributed by atoms with E-state index >= 15 is 0 Å². The smallest absolute Gasteiger partial charge is 0.237 e. The highest BCUT2D eigenvalue weighted by Crippen LogP contribution is 2.58. The van der Waals surface area contributed by atoms with Gasteiger partial charge in [0.2, 0.25) is 11.8 Å². The molecule has 5 rings (SSSR count). The first-order valence-corrected chi connectivity index (χ1v) is 14.8. The molecule has 3 N–H and O–H groups in total. The Balaban J connectivity index is 1.40. The molecule has 0 aliphatic carbocycles. The Labute approximate surface area is 217 Å². The summed E-state index contributed by atoms with van der Waals surface area (Å²) in [6, 6.07) is 9.91. The van der Waals surface area contributed by atoms with Crippen LogP contribution in [0.4, 0.5) is 17.3 Å². The van der Waals surface area contributed by atoms with Crippen LogP contribution in [0.25, 0.3) is 11.3 Å². The van der Waals surface area contributed by atoms with Gasteiger partial charge >= 0.3 is 0 Å². The molecule has 1 fully saturated rings. The lowest BCUT2D eigenvalue weighted by Crippen LogP contribution is -2.42. The Morgan fingerprint density at radius 2 is 2.22 bits per heavy atom. The maximum atomic E-state index is 10.1. The van der Waals surface area contributed by atoms with E-state index in [0.717, 1.165) is 35.2 Å². The number of morpholine rings is 1. The molecule has 2 aliphatic heterocycles. The van der Waals surface area contributed by atoms with E-state index in [2.05, 4.69) is 45.3 Å². The Morgan fingerprint density at radius 3 is 3.00 bits per heavy atom. The number of hydrogen-bond donors (Lipinski definition) is 3. The van der Waals surface area contributed by atoms with Crippen molar-refractivity contribution in [3.05, 3.63) is 47.8 Å². The highest BCUT2D eigenvalue weighted by Gasteiger charge is 2.43. The first kappa shape index (κ1) is 25.3. The van der Waals surface area contributed by atoms with Crippen molar-refractivity contribution >= 4 is 29.9 Å². The van der Waals surface area contributed by atoms with Crippen LogP contribution in [0.1, 0.15) is 11.1 Å². The van der Waals surface area contributed by atoms with Gasteiger partial charge in [0.25, 0.3) is 0 Å². The van der Waals surface area contributed by atoms with E-state index in [0.29, 0.717) is 48.3 Å². The van der Waals surface area contributed by atoms with E-state index in [1.807, 2.05) is 31.2 Å². The van der Waals surface area contributed by atoms with Crippen molar-refractivity contribution in [1.82, 2.24) is 19.9 Å². The third-order valence-corrected chi connectivity index (χ3v) is 9.67. The summed E-state index contributed by atoms with van der Waals surface area (Å²) in [4.78, 5) is 15.8. The van der Waals surface area contributed by atoms with Crippen LogP contribution in [-0.2, 0) is 4.74 Å². The number of nitrogens with zero attached hydrogens (tertiary/aromatic N) is 5. The molecule has 10 nitrogen and oxygen atoms in total. The molecule has 3 aromatic rings. The van der Waals surface area contributed by atoms with Gasteiger partial charge in [-0.15, -0.1) is 0 Å². The van der Waals surface area contributed by atoms with Gasteiger partial charge in [-0.1, -0.05) is 0 Å². The van der Waals surface area contributed by atoms with Gasteiger partial charge in [-0.3, -0.25) is 0 Å². The fraction of sp³-hybridized carbons (Fsp3) is 0.385. The number of aromatic nitrogens is 3. The van der Waals surface area contributed by atoms with Crippen molar-refractivity contribution < 1.29 is 14.6 Å². The van der Waals surface area contributed by atoms with Crippen molar-refractivity contribution in [3.63, 3.8) is 0 Å². The first-order chi connectivity index (χ1) is 17.9. The first-order valence-electron chi connectivity index (χ1n) is 12.2. The van der Waals surface area contributed by atoms with Gasteiger partial charge in [0.1, 0.15) is 36.1 Å². The molecule has 1 aromatic carbocycles. The molecule has 0 radical (unpaired) electrons. The zero-order valence-corrected chi connectivity index (χ0v) is 22.1. The van der Waals surface area contributed by atoms with E-state index in [9.17, 15) is 10.4 Å². The molecule has 0 saturated carbocycles. The van der Waals surface area contributed by atoms with Crippen LogP contribution in [0, 0.1) is 18.3 Å². The Kier molecular flexibility index (Phi) is 7.22. The molecule has 0 spiro atoms. The average Bonchev–Trinajstić information content (AvgIpc) is 3.25. The topological polar surface area (TPSA) is 128 Å². The molecule has 0 amide bonds. The van der Waals surface area contributed by atoms with Crippen LogP contribution in [-0.4, -0.2) is 83.7 Å². The Hall–Kier alpha value is -3.35. The third-order valence-electron chi connectivity index (χ3n) is 6.67. The van der Waals surface area contributed by atoms with Crippen LogP contribution in [0.3, 0.4) is 0 Å². The Bertz CT molecular complexity index is 1350. The number of nitriles is 1.